The van der Waals surface area contributed by atoms with E-state index in [4.69, 9.17) is 0 Å². The van der Waals surface area contributed by atoms with Gasteiger partial charge < -0.3 is 10.2 Å². The minimum atomic E-state index is -3.79. The molecule has 2 fully saturated rings. The normalized spacial score (nSPS) is 19.7. The van der Waals surface area contributed by atoms with Crippen LogP contribution in [0, 0.1) is 19.8 Å². The van der Waals surface area contributed by atoms with Gasteiger partial charge in [-0.2, -0.15) is 9.40 Å². The molecule has 2 amide bonds. The number of aryl methyl sites for hydroxylation is 1. The van der Waals surface area contributed by atoms with E-state index < -0.39 is 10.0 Å². The Morgan fingerprint density at radius 3 is 2.43 bits per heavy atom. The van der Waals surface area contributed by atoms with Crippen molar-refractivity contribution < 1.29 is 18.0 Å². The number of rotatable bonds is 6. The molecule has 0 atom stereocenters. The number of hydrogen-bond donors (Lipinski definition) is 1. The lowest BCUT2D eigenvalue weighted by molar-refractivity contribution is -0.127. The average Bonchev–Trinajstić information content (AvgIpc) is 3.45. The fraction of sp³-hybridized carbons (Fsp3) is 0.593. The Bertz CT molecular complexity index is 1270. The van der Waals surface area contributed by atoms with Crippen molar-refractivity contribution in [3.8, 4) is 0 Å². The highest BCUT2D eigenvalue weighted by atomic mass is 32.2. The molecule has 37 heavy (non-hydrogen) atoms. The molecular formula is C27H37N5O4S. The first-order valence-electron chi connectivity index (χ1n) is 13.5. The standard InChI is InChI=1S/C27H37N5O4S/c1-19-26(20(2)32(29-19)18-25(33)31-17-14-21-8-6-7-11-24(21)31)37(35,36)30-15-12-22(13-16-30)27(34)28-23-9-4-3-5-10-23/h6-8,11,22-23H,3-5,9-10,12-18H2,1-2H3,(H,28,34). The molecule has 0 radical (unpaired) electrons. The Kier molecular flexibility index (Phi) is 7.40. The third kappa shape index (κ3) is 5.18. The minimum Gasteiger partial charge on any atom is -0.353 e. The molecule has 9 nitrogen and oxygen atoms in total. The summed E-state index contributed by atoms with van der Waals surface area (Å²) in [5, 5.41) is 7.63. The highest BCUT2D eigenvalue weighted by Gasteiger charge is 2.36. The van der Waals surface area contributed by atoms with Gasteiger partial charge in [0.05, 0.1) is 11.4 Å². The molecular weight excluding hydrogens is 490 g/mol. The summed E-state index contributed by atoms with van der Waals surface area (Å²) in [4.78, 5) is 27.8. The number of fused-ring (bicyclic) bond motifs is 1. The van der Waals surface area contributed by atoms with Crippen LogP contribution in [0.5, 0.6) is 0 Å². The van der Waals surface area contributed by atoms with Gasteiger partial charge in [-0.15, -0.1) is 0 Å². The lowest BCUT2D eigenvalue weighted by Gasteiger charge is -2.32. The largest absolute Gasteiger partial charge is 0.353 e. The first kappa shape index (κ1) is 25.9. The van der Waals surface area contributed by atoms with Crippen LogP contribution in [-0.2, 0) is 32.6 Å². The summed E-state index contributed by atoms with van der Waals surface area (Å²) in [7, 11) is -3.79. The summed E-state index contributed by atoms with van der Waals surface area (Å²) < 4.78 is 30.2. The van der Waals surface area contributed by atoms with Crippen LogP contribution in [0.1, 0.15) is 61.9 Å². The van der Waals surface area contributed by atoms with Crippen LogP contribution >= 0.6 is 0 Å². The molecule has 1 N–H and O–H groups in total. The number of piperidine rings is 1. The zero-order valence-electron chi connectivity index (χ0n) is 21.8. The fourth-order valence-corrected chi connectivity index (χ4v) is 7.91. The number of sulfonamides is 1. The van der Waals surface area contributed by atoms with E-state index in [1.165, 1.54) is 15.4 Å². The van der Waals surface area contributed by atoms with Crippen molar-refractivity contribution in [2.24, 2.45) is 5.92 Å². The topological polar surface area (TPSA) is 105 Å². The number of aromatic nitrogens is 2. The molecule has 3 aliphatic rings. The van der Waals surface area contributed by atoms with Crippen LogP contribution in [0.3, 0.4) is 0 Å². The molecule has 3 heterocycles. The maximum atomic E-state index is 13.6. The predicted octanol–water partition coefficient (Wildman–Crippen LogP) is 2.94. The van der Waals surface area contributed by atoms with Crippen LogP contribution < -0.4 is 10.2 Å². The van der Waals surface area contributed by atoms with Crippen molar-refractivity contribution in [3.63, 3.8) is 0 Å². The summed E-state index contributed by atoms with van der Waals surface area (Å²) in [6.45, 7) is 4.60. The Morgan fingerprint density at radius 2 is 1.70 bits per heavy atom. The number of carbonyl (C=O) groups excluding carboxylic acids is 2. The first-order chi connectivity index (χ1) is 17.8. The van der Waals surface area contributed by atoms with E-state index in [1.807, 2.05) is 24.3 Å². The van der Waals surface area contributed by atoms with Gasteiger partial charge in [0.1, 0.15) is 11.4 Å². The SMILES string of the molecule is Cc1nn(CC(=O)N2CCc3ccccc32)c(C)c1S(=O)(=O)N1CCC(C(=O)NC2CCCCC2)CC1. The van der Waals surface area contributed by atoms with Crippen molar-refractivity contribution >= 4 is 27.5 Å². The molecule has 1 saturated heterocycles. The van der Waals surface area contributed by atoms with E-state index in [2.05, 4.69) is 10.4 Å². The molecule has 200 valence electrons. The van der Waals surface area contributed by atoms with E-state index in [0.717, 1.165) is 43.4 Å². The van der Waals surface area contributed by atoms with Crippen LogP contribution in [0.4, 0.5) is 5.69 Å². The van der Waals surface area contributed by atoms with Crippen molar-refractivity contribution in [2.75, 3.05) is 24.5 Å². The second kappa shape index (κ2) is 10.6. The maximum absolute atomic E-state index is 13.6. The van der Waals surface area contributed by atoms with Gasteiger partial charge in [0.15, 0.2) is 0 Å². The number of benzene rings is 1. The van der Waals surface area contributed by atoms with Crippen LogP contribution in [-0.4, -0.2) is 60.0 Å². The van der Waals surface area contributed by atoms with Crippen molar-refractivity contribution in [3.05, 3.63) is 41.2 Å². The first-order valence-corrected chi connectivity index (χ1v) is 14.9. The highest BCUT2D eigenvalue weighted by Crippen LogP contribution is 2.30. The summed E-state index contributed by atoms with van der Waals surface area (Å²) in [5.74, 6) is -0.199. The summed E-state index contributed by atoms with van der Waals surface area (Å²) >= 11 is 0. The molecule has 0 spiro atoms. The van der Waals surface area contributed by atoms with Crippen molar-refractivity contribution in [1.82, 2.24) is 19.4 Å². The lowest BCUT2D eigenvalue weighted by Crippen LogP contribution is -2.45. The second-order valence-corrected chi connectivity index (χ2v) is 12.5. The van der Waals surface area contributed by atoms with E-state index in [1.54, 1.807) is 18.7 Å². The molecule has 10 heteroatoms. The number of carbonyl (C=O) groups is 2. The fourth-order valence-electron chi connectivity index (χ4n) is 6.07. The quantitative estimate of drug-likeness (QED) is 0.622. The Hall–Kier alpha value is -2.72. The molecule has 1 aliphatic carbocycles. The third-order valence-electron chi connectivity index (χ3n) is 8.16. The molecule has 1 saturated carbocycles. The van der Waals surface area contributed by atoms with Gasteiger partial charge in [0, 0.05) is 37.3 Å². The summed E-state index contributed by atoms with van der Waals surface area (Å²) in [6, 6.07) is 8.12. The van der Waals surface area contributed by atoms with Gasteiger partial charge in [-0.25, -0.2) is 8.42 Å². The van der Waals surface area contributed by atoms with Crippen LogP contribution in [0.15, 0.2) is 29.2 Å². The van der Waals surface area contributed by atoms with Gasteiger partial charge in [-0.1, -0.05) is 37.5 Å². The maximum Gasteiger partial charge on any atom is 0.248 e. The van der Waals surface area contributed by atoms with Gasteiger partial charge in [-0.3, -0.25) is 14.3 Å². The number of anilines is 1. The zero-order chi connectivity index (χ0) is 26.2. The van der Waals surface area contributed by atoms with Crippen molar-refractivity contribution in [2.45, 2.75) is 82.7 Å². The lowest BCUT2D eigenvalue weighted by atomic mass is 9.93. The Labute approximate surface area is 219 Å². The number of para-hydroxylation sites is 1. The minimum absolute atomic E-state index is 0.0139. The van der Waals surface area contributed by atoms with Gasteiger partial charge in [0.25, 0.3) is 0 Å². The molecule has 5 rings (SSSR count). The van der Waals surface area contributed by atoms with Gasteiger partial charge in [-0.05, 0) is 57.6 Å². The molecule has 0 bridgehead atoms. The highest BCUT2D eigenvalue weighted by molar-refractivity contribution is 7.89. The molecule has 0 unspecified atom stereocenters. The second-order valence-electron chi connectivity index (χ2n) is 10.6. The van der Waals surface area contributed by atoms with Gasteiger partial charge >= 0.3 is 0 Å². The number of amides is 2. The Morgan fingerprint density at radius 1 is 1.00 bits per heavy atom. The summed E-state index contributed by atoms with van der Waals surface area (Å²) in [6.07, 6.45) is 7.46. The summed E-state index contributed by atoms with van der Waals surface area (Å²) in [5.41, 5.74) is 2.92. The van der Waals surface area contributed by atoms with Crippen LogP contribution in [0.2, 0.25) is 0 Å². The number of nitrogens with one attached hydrogen (secondary N) is 1. The molecule has 1 aromatic carbocycles. The van der Waals surface area contributed by atoms with E-state index >= 15 is 0 Å². The van der Waals surface area contributed by atoms with E-state index in [9.17, 15) is 18.0 Å². The average molecular weight is 528 g/mol. The molecule has 2 aromatic rings. The van der Waals surface area contributed by atoms with Crippen LogP contribution in [0.25, 0.3) is 0 Å². The van der Waals surface area contributed by atoms with E-state index in [0.29, 0.717) is 43.9 Å². The third-order valence-corrected chi connectivity index (χ3v) is 10.3. The smallest absolute Gasteiger partial charge is 0.248 e. The molecule has 2 aliphatic heterocycles. The number of hydrogen-bond acceptors (Lipinski definition) is 5. The monoisotopic (exact) mass is 527 g/mol. The molecule has 1 aromatic heterocycles. The predicted molar refractivity (Wildman–Crippen MR) is 141 cm³/mol. The van der Waals surface area contributed by atoms with Gasteiger partial charge in [0.2, 0.25) is 21.8 Å². The zero-order valence-corrected chi connectivity index (χ0v) is 22.6. The Balaban J connectivity index is 1.24. The van der Waals surface area contributed by atoms with E-state index in [-0.39, 0.29) is 35.2 Å². The van der Waals surface area contributed by atoms with Crippen molar-refractivity contribution in [1.29, 1.82) is 0 Å². The number of nitrogens with zero attached hydrogens (tertiary/aromatic N) is 4.